The van der Waals surface area contributed by atoms with Crippen molar-refractivity contribution in [2.45, 2.75) is 46.3 Å². The number of carbonyl (C=O) groups excluding carboxylic acids is 2. The Morgan fingerprint density at radius 2 is 1.71 bits per heavy atom. The van der Waals surface area contributed by atoms with Crippen LogP contribution in [0.5, 0.6) is 5.75 Å². The monoisotopic (exact) mass is 437 g/mol. The quantitative estimate of drug-likeness (QED) is 0.521. The van der Waals surface area contributed by atoms with E-state index in [1.165, 1.54) is 23.8 Å². The summed E-state index contributed by atoms with van der Waals surface area (Å²) >= 11 is 1.36. The lowest BCUT2D eigenvalue weighted by atomic mass is 10.0. The Hall–Kier alpha value is -3.19. The van der Waals surface area contributed by atoms with Crippen LogP contribution in [0.3, 0.4) is 0 Å². The predicted octanol–water partition coefficient (Wildman–Crippen LogP) is 4.98. The van der Waals surface area contributed by atoms with Gasteiger partial charge in [0.25, 0.3) is 5.91 Å². The van der Waals surface area contributed by atoms with E-state index in [1.54, 1.807) is 6.92 Å². The van der Waals surface area contributed by atoms with E-state index in [4.69, 9.17) is 4.74 Å². The normalized spacial score (nSPS) is 11.8. The Balaban J connectivity index is 1.57. The van der Waals surface area contributed by atoms with Crippen LogP contribution in [0, 0.1) is 0 Å². The molecule has 0 aliphatic heterocycles. The molecule has 0 bridgehead atoms. The fraction of sp³-hybridized carbons (Fsp3) is 0.292. The standard InChI is InChI=1S/C24H27N3O3S/c1-15(2)19-9-11-21(12-10-19)30-16(3)23(29)27-24-26-22(14-31-24)20-7-5-18(6-8-20)13-25-17(4)28/h5-12,14-16H,13H2,1-4H3,(H,25,28)(H,26,27,29). The van der Waals surface area contributed by atoms with Gasteiger partial charge in [-0.05, 0) is 36.1 Å². The lowest BCUT2D eigenvalue weighted by Gasteiger charge is -2.14. The SMILES string of the molecule is CC(=O)NCc1ccc(-c2csc(NC(=O)C(C)Oc3ccc(C(C)C)cc3)n2)cc1. The summed E-state index contributed by atoms with van der Waals surface area (Å²) in [6.45, 7) is 7.97. The van der Waals surface area contributed by atoms with Gasteiger partial charge in [-0.1, -0.05) is 50.2 Å². The van der Waals surface area contributed by atoms with Gasteiger partial charge in [0.1, 0.15) is 5.75 Å². The molecule has 7 heteroatoms. The average Bonchev–Trinajstić information content (AvgIpc) is 3.21. The van der Waals surface area contributed by atoms with Crippen LogP contribution < -0.4 is 15.4 Å². The summed E-state index contributed by atoms with van der Waals surface area (Å²) < 4.78 is 5.76. The number of hydrogen-bond donors (Lipinski definition) is 2. The second-order valence-electron chi connectivity index (χ2n) is 7.62. The Morgan fingerprint density at radius 1 is 1.03 bits per heavy atom. The number of rotatable bonds is 8. The van der Waals surface area contributed by atoms with Gasteiger partial charge in [-0.3, -0.25) is 14.9 Å². The van der Waals surface area contributed by atoms with Crippen LogP contribution in [-0.4, -0.2) is 22.9 Å². The van der Waals surface area contributed by atoms with Crippen LogP contribution in [0.25, 0.3) is 11.3 Å². The first kappa shape index (κ1) is 22.5. The highest BCUT2D eigenvalue weighted by Crippen LogP contribution is 2.26. The summed E-state index contributed by atoms with van der Waals surface area (Å²) in [5.41, 5.74) is 3.96. The molecule has 162 valence electrons. The maximum atomic E-state index is 12.5. The molecule has 3 rings (SSSR count). The third-order valence-corrected chi connectivity index (χ3v) is 5.51. The van der Waals surface area contributed by atoms with Gasteiger partial charge < -0.3 is 10.1 Å². The predicted molar refractivity (Wildman–Crippen MR) is 124 cm³/mol. The first-order chi connectivity index (χ1) is 14.8. The van der Waals surface area contributed by atoms with E-state index in [-0.39, 0.29) is 11.8 Å². The maximum Gasteiger partial charge on any atom is 0.266 e. The van der Waals surface area contributed by atoms with Gasteiger partial charge in [0.05, 0.1) is 5.69 Å². The Kier molecular flexibility index (Phi) is 7.41. The number of carbonyl (C=O) groups is 2. The summed E-state index contributed by atoms with van der Waals surface area (Å²) in [4.78, 5) is 28.0. The van der Waals surface area contributed by atoms with Crippen LogP contribution in [-0.2, 0) is 16.1 Å². The fourth-order valence-electron chi connectivity index (χ4n) is 2.88. The highest BCUT2D eigenvalue weighted by molar-refractivity contribution is 7.14. The Morgan fingerprint density at radius 3 is 2.32 bits per heavy atom. The molecular formula is C24H27N3O3S. The molecule has 0 radical (unpaired) electrons. The van der Waals surface area contributed by atoms with Crippen molar-refractivity contribution in [3.05, 3.63) is 65.0 Å². The number of anilines is 1. The molecule has 31 heavy (non-hydrogen) atoms. The molecule has 0 spiro atoms. The second-order valence-corrected chi connectivity index (χ2v) is 8.48. The first-order valence-electron chi connectivity index (χ1n) is 10.2. The van der Waals surface area contributed by atoms with Gasteiger partial charge >= 0.3 is 0 Å². The molecule has 0 saturated carbocycles. The molecule has 0 saturated heterocycles. The maximum absolute atomic E-state index is 12.5. The molecule has 0 aliphatic rings. The van der Waals surface area contributed by atoms with Crippen molar-refractivity contribution in [1.29, 1.82) is 0 Å². The van der Waals surface area contributed by atoms with Gasteiger partial charge in [-0.25, -0.2) is 4.98 Å². The van der Waals surface area contributed by atoms with Crippen LogP contribution in [0.15, 0.2) is 53.9 Å². The summed E-state index contributed by atoms with van der Waals surface area (Å²) in [6.07, 6.45) is -0.648. The summed E-state index contributed by atoms with van der Waals surface area (Å²) in [5.74, 6) is 0.794. The van der Waals surface area contributed by atoms with E-state index in [0.717, 1.165) is 16.8 Å². The van der Waals surface area contributed by atoms with Gasteiger partial charge in [0.2, 0.25) is 5.91 Å². The van der Waals surface area contributed by atoms with Crippen molar-refractivity contribution in [3.63, 3.8) is 0 Å². The van der Waals surface area contributed by atoms with Gasteiger partial charge in [0, 0.05) is 24.4 Å². The van der Waals surface area contributed by atoms with E-state index < -0.39 is 6.10 Å². The molecular weight excluding hydrogens is 410 g/mol. The Labute approximate surface area is 186 Å². The third-order valence-electron chi connectivity index (χ3n) is 4.75. The zero-order valence-electron chi connectivity index (χ0n) is 18.1. The van der Waals surface area contributed by atoms with Gasteiger partial charge in [-0.15, -0.1) is 11.3 Å². The summed E-state index contributed by atoms with van der Waals surface area (Å²) in [6, 6.07) is 15.6. The van der Waals surface area contributed by atoms with E-state index in [0.29, 0.717) is 23.3 Å². The molecule has 2 aromatic carbocycles. The van der Waals surface area contributed by atoms with Crippen molar-refractivity contribution in [1.82, 2.24) is 10.3 Å². The van der Waals surface area contributed by atoms with Crippen LogP contribution in [0.2, 0.25) is 0 Å². The number of amides is 2. The van der Waals surface area contributed by atoms with E-state index in [1.807, 2.05) is 53.9 Å². The molecule has 0 fully saturated rings. The average molecular weight is 438 g/mol. The van der Waals surface area contributed by atoms with Gasteiger partial charge in [-0.2, -0.15) is 0 Å². The molecule has 6 nitrogen and oxygen atoms in total. The lowest BCUT2D eigenvalue weighted by Crippen LogP contribution is -2.30. The zero-order chi connectivity index (χ0) is 22.4. The summed E-state index contributed by atoms with van der Waals surface area (Å²) in [7, 11) is 0. The van der Waals surface area contributed by atoms with Crippen molar-refractivity contribution >= 4 is 28.3 Å². The Bertz CT molecular complexity index is 1030. The number of nitrogens with zero attached hydrogens (tertiary/aromatic N) is 1. The van der Waals surface area contributed by atoms with E-state index in [9.17, 15) is 9.59 Å². The van der Waals surface area contributed by atoms with Crippen molar-refractivity contribution < 1.29 is 14.3 Å². The second kappa shape index (κ2) is 10.2. The number of thiazole rings is 1. The van der Waals surface area contributed by atoms with E-state index in [2.05, 4.69) is 29.5 Å². The number of hydrogen-bond acceptors (Lipinski definition) is 5. The van der Waals surface area contributed by atoms with E-state index >= 15 is 0 Å². The number of nitrogens with one attached hydrogen (secondary N) is 2. The number of ether oxygens (including phenoxy) is 1. The third kappa shape index (κ3) is 6.39. The van der Waals surface area contributed by atoms with Crippen LogP contribution >= 0.6 is 11.3 Å². The van der Waals surface area contributed by atoms with Crippen molar-refractivity contribution in [3.8, 4) is 17.0 Å². The molecule has 2 N–H and O–H groups in total. The lowest BCUT2D eigenvalue weighted by molar-refractivity contribution is -0.122. The largest absolute Gasteiger partial charge is 0.481 e. The minimum Gasteiger partial charge on any atom is -0.481 e. The topological polar surface area (TPSA) is 80.3 Å². The summed E-state index contributed by atoms with van der Waals surface area (Å²) in [5, 5.41) is 8.01. The molecule has 2 amide bonds. The van der Waals surface area contributed by atoms with Crippen LogP contribution in [0.4, 0.5) is 5.13 Å². The molecule has 0 aliphatic carbocycles. The molecule has 3 aromatic rings. The highest BCUT2D eigenvalue weighted by Gasteiger charge is 2.17. The number of benzene rings is 2. The number of aromatic nitrogens is 1. The fourth-order valence-corrected chi connectivity index (χ4v) is 3.60. The minimum absolute atomic E-state index is 0.0604. The van der Waals surface area contributed by atoms with Gasteiger partial charge in [0.15, 0.2) is 11.2 Å². The molecule has 1 aromatic heterocycles. The first-order valence-corrected chi connectivity index (χ1v) is 11.1. The smallest absolute Gasteiger partial charge is 0.266 e. The molecule has 1 unspecified atom stereocenters. The highest BCUT2D eigenvalue weighted by atomic mass is 32.1. The minimum atomic E-state index is -0.648. The van der Waals surface area contributed by atoms with Crippen LogP contribution in [0.1, 0.15) is 44.7 Å². The van der Waals surface area contributed by atoms with Crippen molar-refractivity contribution in [2.24, 2.45) is 0 Å². The molecule has 1 heterocycles. The molecule has 1 atom stereocenters. The zero-order valence-corrected chi connectivity index (χ0v) is 19.0. The van der Waals surface area contributed by atoms with Crippen molar-refractivity contribution in [2.75, 3.05) is 5.32 Å².